The quantitative estimate of drug-likeness (QED) is 0.656. The molecule has 5 nitrogen and oxygen atoms in total. The summed E-state index contributed by atoms with van der Waals surface area (Å²) in [6.45, 7) is 0. The number of anilines is 1. The first-order valence-corrected chi connectivity index (χ1v) is 6.94. The van der Waals surface area contributed by atoms with Crippen molar-refractivity contribution in [3.63, 3.8) is 0 Å². The first kappa shape index (κ1) is 14.6. The monoisotopic (exact) mass is 316 g/mol. The number of benzene rings is 2. The number of hydroxylamine groups is 1. The van der Waals surface area contributed by atoms with Gasteiger partial charge in [-0.25, -0.2) is 0 Å². The van der Waals surface area contributed by atoms with E-state index in [2.05, 4.69) is 5.32 Å². The van der Waals surface area contributed by atoms with E-state index in [1.807, 2.05) is 5.48 Å². The van der Waals surface area contributed by atoms with Crippen LogP contribution in [0.5, 0.6) is 0 Å². The Morgan fingerprint density at radius 1 is 1.18 bits per heavy atom. The van der Waals surface area contributed by atoms with Gasteiger partial charge in [-0.15, -0.1) is 0 Å². The third-order valence-electron chi connectivity index (χ3n) is 3.56. The number of hydrogen-bond acceptors (Lipinski definition) is 4. The van der Waals surface area contributed by atoms with Crippen LogP contribution in [0.15, 0.2) is 54.6 Å². The molecule has 0 aliphatic carbocycles. The van der Waals surface area contributed by atoms with Crippen molar-refractivity contribution in [2.45, 2.75) is 5.60 Å². The van der Waals surface area contributed by atoms with Crippen LogP contribution in [0.4, 0.5) is 5.69 Å². The van der Waals surface area contributed by atoms with Crippen molar-refractivity contribution < 1.29 is 15.1 Å². The van der Waals surface area contributed by atoms with Crippen molar-refractivity contribution >= 4 is 28.9 Å². The molecule has 4 N–H and O–H groups in total. The van der Waals surface area contributed by atoms with Gasteiger partial charge in [0.05, 0.1) is 5.70 Å². The van der Waals surface area contributed by atoms with Gasteiger partial charge in [-0.05, 0) is 29.8 Å². The Morgan fingerprint density at radius 3 is 2.55 bits per heavy atom. The maximum Gasteiger partial charge on any atom is 0.265 e. The third kappa shape index (κ3) is 2.35. The molecule has 2 aromatic rings. The molecule has 0 saturated carbocycles. The Kier molecular flexibility index (Phi) is 3.62. The van der Waals surface area contributed by atoms with Gasteiger partial charge in [0, 0.05) is 16.3 Å². The first-order chi connectivity index (χ1) is 10.5. The van der Waals surface area contributed by atoms with Crippen molar-refractivity contribution in [2.24, 2.45) is 0 Å². The molecule has 1 amide bonds. The third-order valence-corrected chi connectivity index (χ3v) is 3.81. The number of nitrogens with one attached hydrogen (secondary N) is 2. The molecule has 6 heteroatoms. The van der Waals surface area contributed by atoms with Crippen molar-refractivity contribution in [2.75, 3.05) is 5.32 Å². The van der Waals surface area contributed by atoms with Crippen LogP contribution < -0.4 is 10.8 Å². The van der Waals surface area contributed by atoms with Gasteiger partial charge in [0.25, 0.3) is 5.91 Å². The zero-order chi connectivity index (χ0) is 15.7. The Bertz CT molecular complexity index is 758. The SMILES string of the molecule is O=C1Nc2ccccc2[C@]1(O)C=C(NO)c1ccc(Cl)cc1. The molecule has 2 aromatic carbocycles. The smallest absolute Gasteiger partial charge is 0.265 e. The van der Waals surface area contributed by atoms with E-state index in [0.717, 1.165) is 0 Å². The largest absolute Gasteiger partial charge is 0.372 e. The molecule has 0 saturated heterocycles. The summed E-state index contributed by atoms with van der Waals surface area (Å²) in [6.07, 6.45) is 1.28. The van der Waals surface area contributed by atoms with Crippen molar-refractivity contribution in [3.05, 3.63) is 70.8 Å². The second-order valence-electron chi connectivity index (χ2n) is 4.94. The maximum absolute atomic E-state index is 12.2. The van der Waals surface area contributed by atoms with E-state index < -0.39 is 11.5 Å². The van der Waals surface area contributed by atoms with Gasteiger partial charge in [0.1, 0.15) is 0 Å². The lowest BCUT2D eigenvalue weighted by atomic mass is 9.93. The highest BCUT2D eigenvalue weighted by Crippen LogP contribution is 2.38. The molecule has 1 aliphatic rings. The average molecular weight is 317 g/mol. The standard InChI is InChI=1S/C16H13ClN2O3/c17-11-7-5-10(6-8-11)14(19-22)9-16(21)12-3-1-2-4-13(12)18-15(16)20/h1-9,19,21-22H,(H,18,20)/t16-/m1/s1. The summed E-state index contributed by atoms with van der Waals surface area (Å²) < 4.78 is 0. The van der Waals surface area contributed by atoms with Crippen LogP contribution in [0.1, 0.15) is 11.1 Å². The minimum Gasteiger partial charge on any atom is -0.372 e. The highest BCUT2D eigenvalue weighted by Gasteiger charge is 2.43. The minimum atomic E-state index is -1.86. The van der Waals surface area contributed by atoms with Crippen LogP contribution in [-0.4, -0.2) is 16.2 Å². The molecule has 22 heavy (non-hydrogen) atoms. The number of carbonyl (C=O) groups excluding carboxylic acids is 1. The van der Waals surface area contributed by atoms with Crippen LogP contribution in [-0.2, 0) is 10.4 Å². The zero-order valence-corrected chi connectivity index (χ0v) is 12.1. The average Bonchev–Trinajstić information content (AvgIpc) is 2.78. The first-order valence-electron chi connectivity index (χ1n) is 6.57. The predicted octanol–water partition coefficient (Wildman–Crippen LogP) is 2.50. The number of rotatable bonds is 3. The second kappa shape index (κ2) is 5.46. The highest BCUT2D eigenvalue weighted by molar-refractivity contribution is 6.30. The predicted molar refractivity (Wildman–Crippen MR) is 83.3 cm³/mol. The van der Waals surface area contributed by atoms with Gasteiger partial charge in [-0.3, -0.25) is 15.5 Å². The summed E-state index contributed by atoms with van der Waals surface area (Å²) >= 11 is 5.83. The van der Waals surface area contributed by atoms with E-state index in [4.69, 9.17) is 11.6 Å². The van der Waals surface area contributed by atoms with Gasteiger partial charge in [0.15, 0.2) is 5.60 Å². The molecule has 0 spiro atoms. The van der Waals surface area contributed by atoms with E-state index in [0.29, 0.717) is 21.8 Å². The number of fused-ring (bicyclic) bond motifs is 1. The number of amides is 1. The second-order valence-corrected chi connectivity index (χ2v) is 5.38. The fourth-order valence-electron chi connectivity index (χ4n) is 2.43. The van der Waals surface area contributed by atoms with Crippen LogP contribution in [0.2, 0.25) is 5.02 Å². The lowest BCUT2D eigenvalue weighted by Crippen LogP contribution is -2.33. The van der Waals surface area contributed by atoms with Crippen LogP contribution in [0.3, 0.4) is 0 Å². The van der Waals surface area contributed by atoms with Gasteiger partial charge in [0.2, 0.25) is 0 Å². The Hall–Kier alpha value is -2.34. The molecular formula is C16H13ClN2O3. The van der Waals surface area contributed by atoms with Crippen molar-refractivity contribution in [1.82, 2.24) is 5.48 Å². The number of carbonyl (C=O) groups is 1. The fourth-order valence-corrected chi connectivity index (χ4v) is 2.55. The summed E-state index contributed by atoms with van der Waals surface area (Å²) in [7, 11) is 0. The van der Waals surface area contributed by atoms with Crippen LogP contribution in [0.25, 0.3) is 5.70 Å². The molecule has 0 radical (unpaired) electrons. The van der Waals surface area contributed by atoms with E-state index in [1.54, 1.807) is 48.5 Å². The highest BCUT2D eigenvalue weighted by atomic mass is 35.5. The molecule has 1 heterocycles. The summed E-state index contributed by atoms with van der Waals surface area (Å²) in [5, 5.41) is 23.3. The van der Waals surface area contributed by atoms with Crippen molar-refractivity contribution in [3.8, 4) is 0 Å². The zero-order valence-electron chi connectivity index (χ0n) is 11.4. The van der Waals surface area contributed by atoms with Gasteiger partial charge in [-0.2, -0.15) is 0 Å². The maximum atomic E-state index is 12.2. The van der Waals surface area contributed by atoms with Crippen molar-refractivity contribution in [1.29, 1.82) is 0 Å². The van der Waals surface area contributed by atoms with Crippen LogP contribution in [0, 0.1) is 0 Å². The Morgan fingerprint density at radius 2 is 1.86 bits per heavy atom. The van der Waals surface area contributed by atoms with Gasteiger partial charge >= 0.3 is 0 Å². The summed E-state index contributed by atoms with van der Waals surface area (Å²) in [4.78, 5) is 12.2. The lowest BCUT2D eigenvalue weighted by Gasteiger charge is -2.18. The molecule has 0 fully saturated rings. The lowest BCUT2D eigenvalue weighted by molar-refractivity contribution is -0.129. The molecule has 0 unspecified atom stereocenters. The number of aliphatic hydroxyl groups is 1. The van der Waals surface area contributed by atoms with E-state index >= 15 is 0 Å². The molecule has 0 aromatic heterocycles. The van der Waals surface area contributed by atoms with Crippen LogP contribution >= 0.6 is 11.6 Å². The van der Waals surface area contributed by atoms with E-state index in [1.165, 1.54) is 6.08 Å². The fraction of sp³-hybridized carbons (Fsp3) is 0.0625. The van der Waals surface area contributed by atoms with Gasteiger partial charge in [-0.1, -0.05) is 41.9 Å². The topological polar surface area (TPSA) is 81.6 Å². The van der Waals surface area contributed by atoms with E-state index in [9.17, 15) is 15.1 Å². The summed E-state index contributed by atoms with van der Waals surface area (Å²) in [5.41, 5.74) is 1.91. The van der Waals surface area contributed by atoms with Gasteiger partial charge < -0.3 is 10.4 Å². The Balaban J connectivity index is 2.08. The Labute approximate surface area is 131 Å². The normalized spacial score (nSPS) is 20.5. The molecule has 3 rings (SSSR count). The molecule has 1 aliphatic heterocycles. The molecule has 112 valence electrons. The molecular weight excluding hydrogens is 304 g/mol. The minimum absolute atomic E-state index is 0.200. The van der Waals surface area contributed by atoms with E-state index in [-0.39, 0.29) is 5.70 Å². The molecule has 1 atom stereocenters. The number of hydrogen-bond donors (Lipinski definition) is 4. The molecule has 0 bridgehead atoms. The summed E-state index contributed by atoms with van der Waals surface area (Å²) in [5.74, 6) is -0.574. The number of para-hydroxylation sites is 1. The summed E-state index contributed by atoms with van der Waals surface area (Å²) in [6, 6.07) is 13.5. The number of halogens is 1.